The summed E-state index contributed by atoms with van der Waals surface area (Å²) in [4.78, 5) is 44.3. The van der Waals surface area contributed by atoms with E-state index in [4.69, 9.17) is 10.5 Å². The first-order valence-electron chi connectivity index (χ1n) is 9.99. The van der Waals surface area contributed by atoms with Gasteiger partial charge in [0.1, 0.15) is 11.5 Å². The molecule has 0 fully saturated rings. The van der Waals surface area contributed by atoms with Gasteiger partial charge >= 0.3 is 7.60 Å². The Kier molecular flexibility index (Phi) is 10.7. The van der Waals surface area contributed by atoms with Crippen LogP contribution in [-0.2, 0) is 20.6 Å². The van der Waals surface area contributed by atoms with Crippen LogP contribution >= 0.6 is 7.60 Å². The number of hydrogen-bond acceptors (Lipinski definition) is 6. The SMILES string of the molecule is CC[C@H](N[C@H](CC(C)C)C(=O)N[C@@H](Cc1ccc(OC)cc1)C(=O)CN)P(=O)(O)O. The molecule has 1 rings (SSSR count). The first kappa shape index (κ1) is 26.3. The van der Waals surface area contributed by atoms with Crippen molar-refractivity contribution in [2.75, 3.05) is 13.7 Å². The molecule has 0 spiro atoms. The molecular weight excluding hydrogens is 409 g/mol. The molecule has 0 aliphatic rings. The van der Waals surface area contributed by atoms with Gasteiger partial charge in [-0.25, -0.2) is 0 Å². The fourth-order valence-electron chi connectivity index (χ4n) is 3.06. The van der Waals surface area contributed by atoms with E-state index >= 15 is 0 Å². The molecule has 6 N–H and O–H groups in total. The van der Waals surface area contributed by atoms with E-state index in [2.05, 4.69) is 10.6 Å². The molecule has 0 heterocycles. The van der Waals surface area contributed by atoms with Gasteiger partial charge < -0.3 is 25.6 Å². The number of hydrogen-bond donors (Lipinski definition) is 5. The summed E-state index contributed by atoms with van der Waals surface area (Å²) in [5, 5.41) is 5.50. The van der Waals surface area contributed by atoms with Gasteiger partial charge in [-0.3, -0.25) is 19.5 Å². The van der Waals surface area contributed by atoms with Crippen LogP contribution in [0, 0.1) is 5.92 Å². The number of nitrogens with two attached hydrogens (primary N) is 1. The van der Waals surface area contributed by atoms with Crippen molar-refractivity contribution in [2.45, 2.75) is 57.9 Å². The lowest BCUT2D eigenvalue weighted by atomic mass is 9.99. The predicted molar refractivity (Wildman–Crippen MR) is 115 cm³/mol. The van der Waals surface area contributed by atoms with Gasteiger partial charge in [-0.1, -0.05) is 32.9 Å². The second-order valence-electron chi connectivity index (χ2n) is 7.65. The monoisotopic (exact) mass is 443 g/mol. The third-order valence-electron chi connectivity index (χ3n) is 4.72. The topological polar surface area (TPSA) is 151 Å². The maximum Gasteiger partial charge on any atom is 0.342 e. The highest BCUT2D eigenvalue weighted by Gasteiger charge is 2.33. The summed E-state index contributed by atoms with van der Waals surface area (Å²) in [5.41, 5.74) is 6.34. The molecule has 0 saturated heterocycles. The average Bonchev–Trinajstić information content (AvgIpc) is 2.69. The Bertz CT molecular complexity index is 735. The quantitative estimate of drug-likeness (QED) is 0.285. The minimum atomic E-state index is -4.42. The van der Waals surface area contributed by atoms with E-state index in [1.54, 1.807) is 38.3 Å². The van der Waals surface area contributed by atoms with Gasteiger partial charge in [-0.2, -0.15) is 0 Å². The number of carbonyl (C=O) groups is 2. The minimum absolute atomic E-state index is 0.0905. The summed E-state index contributed by atoms with van der Waals surface area (Å²) in [6.07, 6.45) is 0.757. The second-order valence-corrected chi connectivity index (χ2v) is 9.45. The van der Waals surface area contributed by atoms with E-state index < -0.39 is 31.4 Å². The molecule has 0 saturated carbocycles. The average molecular weight is 443 g/mol. The number of Topliss-reactive ketones (excluding diaryl/α,β-unsaturated/α-hetero) is 1. The van der Waals surface area contributed by atoms with Gasteiger partial charge in [0, 0.05) is 0 Å². The molecular formula is C20H34N3O6P. The highest BCUT2D eigenvalue weighted by atomic mass is 31.2. The highest BCUT2D eigenvalue weighted by Crippen LogP contribution is 2.41. The van der Waals surface area contributed by atoms with Gasteiger partial charge in [0.2, 0.25) is 5.91 Å². The van der Waals surface area contributed by atoms with Crippen LogP contribution in [0.3, 0.4) is 0 Å². The third-order valence-corrected chi connectivity index (χ3v) is 6.04. The lowest BCUT2D eigenvalue weighted by molar-refractivity contribution is -0.128. The fraction of sp³-hybridized carbons (Fsp3) is 0.600. The fourth-order valence-corrected chi connectivity index (χ4v) is 3.91. The van der Waals surface area contributed by atoms with Crippen molar-refractivity contribution < 1.29 is 28.7 Å². The van der Waals surface area contributed by atoms with Gasteiger partial charge in [0.05, 0.1) is 25.7 Å². The molecule has 9 nitrogen and oxygen atoms in total. The van der Waals surface area contributed by atoms with Gasteiger partial charge in [0.25, 0.3) is 0 Å². The summed E-state index contributed by atoms with van der Waals surface area (Å²) in [6, 6.07) is 5.42. The largest absolute Gasteiger partial charge is 0.497 e. The van der Waals surface area contributed by atoms with Crippen LogP contribution in [0.1, 0.15) is 39.2 Å². The smallest absolute Gasteiger partial charge is 0.342 e. The molecule has 3 atom stereocenters. The van der Waals surface area contributed by atoms with Crippen molar-refractivity contribution in [2.24, 2.45) is 11.7 Å². The lowest BCUT2D eigenvalue weighted by Gasteiger charge is -2.28. The van der Waals surface area contributed by atoms with Crippen LogP contribution in [0.15, 0.2) is 24.3 Å². The third kappa shape index (κ3) is 8.53. The molecule has 0 aliphatic heterocycles. The zero-order valence-electron chi connectivity index (χ0n) is 18.0. The molecule has 0 aromatic heterocycles. The van der Waals surface area contributed by atoms with Crippen molar-refractivity contribution in [1.82, 2.24) is 10.6 Å². The van der Waals surface area contributed by atoms with E-state index in [1.165, 1.54) is 0 Å². The Labute approximate surface area is 177 Å². The molecule has 0 radical (unpaired) electrons. The minimum Gasteiger partial charge on any atom is -0.497 e. The van der Waals surface area contributed by atoms with E-state index in [1.807, 2.05) is 13.8 Å². The Hall–Kier alpha value is -1.77. The number of benzene rings is 1. The first-order chi connectivity index (χ1) is 14.0. The molecule has 10 heteroatoms. The Morgan fingerprint density at radius 3 is 2.20 bits per heavy atom. The number of ether oxygens (including phenoxy) is 1. The lowest BCUT2D eigenvalue weighted by Crippen LogP contribution is -2.54. The number of ketones is 1. The Balaban J connectivity index is 3.00. The van der Waals surface area contributed by atoms with Crippen molar-refractivity contribution in [3.8, 4) is 5.75 Å². The zero-order valence-corrected chi connectivity index (χ0v) is 18.9. The van der Waals surface area contributed by atoms with Crippen LogP contribution < -0.4 is 21.1 Å². The van der Waals surface area contributed by atoms with E-state index in [0.29, 0.717) is 12.2 Å². The molecule has 170 valence electrons. The van der Waals surface area contributed by atoms with Gasteiger partial charge in [-0.05, 0) is 42.9 Å². The molecule has 1 aromatic rings. The second kappa shape index (κ2) is 12.2. The molecule has 30 heavy (non-hydrogen) atoms. The maximum atomic E-state index is 12.9. The Morgan fingerprint density at radius 1 is 1.17 bits per heavy atom. The van der Waals surface area contributed by atoms with Gasteiger partial charge in [-0.15, -0.1) is 0 Å². The maximum absolute atomic E-state index is 12.9. The molecule has 0 aliphatic carbocycles. The summed E-state index contributed by atoms with van der Waals surface area (Å²) >= 11 is 0. The van der Waals surface area contributed by atoms with Crippen molar-refractivity contribution in [3.63, 3.8) is 0 Å². The van der Waals surface area contributed by atoms with Crippen LogP contribution in [0.25, 0.3) is 0 Å². The van der Waals surface area contributed by atoms with Crippen molar-refractivity contribution in [3.05, 3.63) is 29.8 Å². The first-order valence-corrected chi connectivity index (χ1v) is 11.7. The summed E-state index contributed by atoms with van der Waals surface area (Å²) in [7, 11) is -2.87. The normalized spacial score (nSPS) is 14.8. The molecule has 1 amide bonds. The van der Waals surface area contributed by atoms with Gasteiger partial charge in [0.15, 0.2) is 5.78 Å². The number of carbonyl (C=O) groups excluding carboxylic acids is 2. The number of nitrogens with one attached hydrogen (secondary N) is 2. The molecule has 0 bridgehead atoms. The summed E-state index contributed by atoms with van der Waals surface area (Å²) in [6.45, 7) is 5.20. The summed E-state index contributed by atoms with van der Waals surface area (Å²) in [5.74, 6) is -1.20. The number of methoxy groups -OCH3 is 1. The van der Waals surface area contributed by atoms with Crippen LogP contribution in [0.4, 0.5) is 0 Å². The van der Waals surface area contributed by atoms with Crippen molar-refractivity contribution >= 4 is 19.3 Å². The number of rotatable bonds is 13. The van der Waals surface area contributed by atoms with E-state index in [-0.39, 0.29) is 31.1 Å². The summed E-state index contributed by atoms with van der Waals surface area (Å²) < 4.78 is 16.8. The molecule has 0 unspecified atom stereocenters. The van der Waals surface area contributed by atoms with Crippen LogP contribution in [-0.4, -0.2) is 53.0 Å². The van der Waals surface area contributed by atoms with Crippen LogP contribution in [0.5, 0.6) is 5.75 Å². The zero-order chi connectivity index (χ0) is 22.9. The van der Waals surface area contributed by atoms with E-state index in [9.17, 15) is 23.9 Å². The standard InChI is InChI=1S/C20H34N3O6P/c1-5-19(30(26,27)28)22-17(10-13(2)3)20(25)23-16(18(24)12-21)11-14-6-8-15(29-4)9-7-14/h6-9,13,16-17,19,22H,5,10-12,21H2,1-4H3,(H,23,25)(H2,26,27,28)/t16-,17+,19+/m0/s1. The highest BCUT2D eigenvalue weighted by molar-refractivity contribution is 7.52. The van der Waals surface area contributed by atoms with Crippen LogP contribution in [0.2, 0.25) is 0 Å². The Morgan fingerprint density at radius 2 is 1.77 bits per heavy atom. The predicted octanol–water partition coefficient (Wildman–Crippen LogP) is 1.17. The van der Waals surface area contributed by atoms with Crippen molar-refractivity contribution in [1.29, 1.82) is 0 Å². The number of amides is 1. The molecule has 1 aromatic carbocycles. The van der Waals surface area contributed by atoms with E-state index in [0.717, 1.165) is 5.56 Å².